The van der Waals surface area contributed by atoms with Crippen LogP contribution < -0.4 is 10.6 Å². The minimum atomic E-state index is 0.716. The maximum atomic E-state index is 3.73. The first-order valence-corrected chi connectivity index (χ1v) is 6.51. The van der Waals surface area contributed by atoms with Crippen LogP contribution in [0.5, 0.6) is 0 Å². The molecule has 1 aromatic carbocycles. The van der Waals surface area contributed by atoms with E-state index >= 15 is 0 Å². The molecule has 1 aliphatic heterocycles. The number of fused-ring (bicyclic) bond motifs is 1. The lowest BCUT2D eigenvalue weighted by Crippen LogP contribution is -2.26. The molecule has 0 amide bonds. The number of anilines is 1. The van der Waals surface area contributed by atoms with Crippen LogP contribution in [0.4, 0.5) is 5.69 Å². The number of hydrogen-bond acceptors (Lipinski definition) is 2. The van der Waals surface area contributed by atoms with Gasteiger partial charge in [-0.3, -0.25) is 0 Å². The van der Waals surface area contributed by atoms with Crippen LogP contribution in [-0.2, 0) is 13.0 Å². The highest BCUT2D eigenvalue weighted by molar-refractivity contribution is 5.56. The molecule has 2 aliphatic rings. The highest BCUT2D eigenvalue weighted by Gasteiger charge is 2.18. The Morgan fingerprint density at radius 3 is 2.94 bits per heavy atom. The van der Waals surface area contributed by atoms with Crippen LogP contribution in [0.2, 0.25) is 0 Å². The minimum Gasteiger partial charge on any atom is -0.382 e. The zero-order valence-electron chi connectivity index (χ0n) is 9.76. The molecule has 0 spiro atoms. The summed E-state index contributed by atoms with van der Waals surface area (Å²) in [5.41, 5.74) is 4.40. The third-order valence-electron chi connectivity index (χ3n) is 3.86. The van der Waals surface area contributed by atoms with Crippen molar-refractivity contribution in [3.63, 3.8) is 0 Å². The van der Waals surface area contributed by atoms with E-state index in [1.165, 1.54) is 48.9 Å². The highest BCUT2D eigenvalue weighted by atomic mass is 14.9. The Hall–Kier alpha value is -1.02. The van der Waals surface area contributed by atoms with Crippen LogP contribution in [0.25, 0.3) is 0 Å². The fourth-order valence-electron chi connectivity index (χ4n) is 2.94. The second kappa shape index (κ2) is 4.46. The zero-order valence-corrected chi connectivity index (χ0v) is 9.76. The van der Waals surface area contributed by atoms with Crippen LogP contribution in [0.3, 0.4) is 0 Å². The molecule has 1 heterocycles. The van der Waals surface area contributed by atoms with E-state index in [1.807, 2.05) is 0 Å². The smallest absolute Gasteiger partial charge is 0.0390 e. The molecule has 2 N–H and O–H groups in total. The van der Waals surface area contributed by atoms with Gasteiger partial charge in [0.25, 0.3) is 0 Å². The molecule has 0 unspecified atom stereocenters. The molecule has 86 valence electrons. The number of hydrogen-bond donors (Lipinski definition) is 2. The summed E-state index contributed by atoms with van der Waals surface area (Å²) in [6.07, 6.45) is 6.65. The fourth-order valence-corrected chi connectivity index (χ4v) is 2.94. The van der Waals surface area contributed by atoms with Crippen molar-refractivity contribution in [1.29, 1.82) is 0 Å². The Labute approximate surface area is 97.4 Å². The molecule has 0 saturated heterocycles. The molecule has 1 aliphatic carbocycles. The van der Waals surface area contributed by atoms with Crippen molar-refractivity contribution in [1.82, 2.24) is 5.32 Å². The third-order valence-corrected chi connectivity index (χ3v) is 3.86. The van der Waals surface area contributed by atoms with E-state index in [4.69, 9.17) is 0 Å². The maximum Gasteiger partial charge on any atom is 0.0390 e. The Morgan fingerprint density at radius 2 is 2.06 bits per heavy atom. The van der Waals surface area contributed by atoms with Gasteiger partial charge in [0.2, 0.25) is 0 Å². The predicted octanol–water partition coefficient (Wildman–Crippen LogP) is 2.69. The Morgan fingerprint density at radius 1 is 1.19 bits per heavy atom. The van der Waals surface area contributed by atoms with Crippen LogP contribution in [-0.4, -0.2) is 12.6 Å². The molecule has 2 heteroatoms. The summed E-state index contributed by atoms with van der Waals surface area (Å²) in [5, 5.41) is 7.20. The maximum absolute atomic E-state index is 3.73. The van der Waals surface area contributed by atoms with Crippen molar-refractivity contribution >= 4 is 5.69 Å². The molecular weight excluding hydrogens is 196 g/mol. The summed E-state index contributed by atoms with van der Waals surface area (Å²) < 4.78 is 0. The minimum absolute atomic E-state index is 0.716. The molecular formula is C14H20N2. The van der Waals surface area contributed by atoms with Gasteiger partial charge in [-0.2, -0.15) is 0 Å². The van der Waals surface area contributed by atoms with Gasteiger partial charge in [0.1, 0.15) is 0 Å². The van der Waals surface area contributed by atoms with E-state index in [9.17, 15) is 0 Å². The third kappa shape index (κ3) is 1.94. The fraction of sp³-hybridized carbons (Fsp3) is 0.571. The van der Waals surface area contributed by atoms with Crippen molar-refractivity contribution in [3.8, 4) is 0 Å². The van der Waals surface area contributed by atoms with Gasteiger partial charge in [-0.1, -0.05) is 25.0 Å². The van der Waals surface area contributed by atoms with Crippen LogP contribution in [0, 0.1) is 0 Å². The molecule has 0 aromatic heterocycles. The summed E-state index contributed by atoms with van der Waals surface area (Å²) in [7, 11) is 0. The van der Waals surface area contributed by atoms with Gasteiger partial charge >= 0.3 is 0 Å². The van der Waals surface area contributed by atoms with Crippen molar-refractivity contribution in [2.24, 2.45) is 0 Å². The molecule has 0 bridgehead atoms. The van der Waals surface area contributed by atoms with Gasteiger partial charge in [-0.15, -0.1) is 0 Å². The van der Waals surface area contributed by atoms with Crippen molar-refractivity contribution in [3.05, 3.63) is 29.3 Å². The van der Waals surface area contributed by atoms with Gasteiger partial charge < -0.3 is 10.6 Å². The van der Waals surface area contributed by atoms with E-state index in [1.54, 1.807) is 0 Å². The summed E-state index contributed by atoms with van der Waals surface area (Å²) >= 11 is 0. The largest absolute Gasteiger partial charge is 0.382 e. The molecule has 0 atom stereocenters. The molecule has 16 heavy (non-hydrogen) atoms. The predicted molar refractivity (Wildman–Crippen MR) is 67.7 cm³/mol. The summed E-state index contributed by atoms with van der Waals surface area (Å²) in [5.74, 6) is 0. The van der Waals surface area contributed by atoms with E-state index in [-0.39, 0.29) is 0 Å². The lowest BCUT2D eigenvalue weighted by molar-refractivity contribution is 0.642. The van der Waals surface area contributed by atoms with Crippen LogP contribution >= 0.6 is 0 Å². The quantitative estimate of drug-likeness (QED) is 0.794. The standard InChI is InChI=1S/C14H20N2/c1-2-6-12(5-1)16-14-7-3-4-11-8-9-15-10-13(11)14/h3-4,7,12,15-16H,1-2,5-6,8-10H2. The first-order valence-electron chi connectivity index (χ1n) is 6.51. The monoisotopic (exact) mass is 216 g/mol. The first kappa shape index (κ1) is 10.2. The summed E-state index contributed by atoms with van der Waals surface area (Å²) in [4.78, 5) is 0. The molecule has 1 saturated carbocycles. The van der Waals surface area contributed by atoms with Crippen molar-refractivity contribution in [2.75, 3.05) is 11.9 Å². The van der Waals surface area contributed by atoms with Gasteiger partial charge in [0.05, 0.1) is 0 Å². The molecule has 2 nitrogen and oxygen atoms in total. The zero-order chi connectivity index (χ0) is 10.8. The number of nitrogens with one attached hydrogen (secondary N) is 2. The lowest BCUT2D eigenvalue weighted by Gasteiger charge is -2.23. The topological polar surface area (TPSA) is 24.1 Å². The normalized spacial score (nSPS) is 20.8. The van der Waals surface area contributed by atoms with Crippen LogP contribution in [0.15, 0.2) is 18.2 Å². The Balaban J connectivity index is 1.82. The summed E-state index contributed by atoms with van der Waals surface area (Å²) in [6.45, 7) is 2.16. The SMILES string of the molecule is c1cc2c(c(NC3CCCC3)c1)CNCC2. The molecule has 1 fully saturated rings. The molecule has 3 rings (SSSR count). The average Bonchev–Trinajstić information content (AvgIpc) is 2.82. The summed E-state index contributed by atoms with van der Waals surface area (Å²) in [6, 6.07) is 7.43. The number of benzene rings is 1. The Bertz CT molecular complexity index is 367. The highest BCUT2D eigenvalue weighted by Crippen LogP contribution is 2.27. The average molecular weight is 216 g/mol. The van der Waals surface area contributed by atoms with Gasteiger partial charge in [-0.05, 0) is 43.0 Å². The van der Waals surface area contributed by atoms with E-state index < -0.39 is 0 Å². The lowest BCUT2D eigenvalue weighted by atomic mass is 9.99. The second-order valence-corrected chi connectivity index (χ2v) is 5.00. The second-order valence-electron chi connectivity index (χ2n) is 5.00. The van der Waals surface area contributed by atoms with E-state index in [2.05, 4.69) is 28.8 Å². The van der Waals surface area contributed by atoms with Crippen molar-refractivity contribution in [2.45, 2.75) is 44.7 Å². The van der Waals surface area contributed by atoms with E-state index in [0.717, 1.165) is 13.1 Å². The van der Waals surface area contributed by atoms with Gasteiger partial charge in [0.15, 0.2) is 0 Å². The van der Waals surface area contributed by atoms with Gasteiger partial charge in [0, 0.05) is 18.3 Å². The van der Waals surface area contributed by atoms with Crippen LogP contribution in [0.1, 0.15) is 36.8 Å². The molecule has 1 aromatic rings. The number of rotatable bonds is 2. The van der Waals surface area contributed by atoms with Gasteiger partial charge in [-0.25, -0.2) is 0 Å². The molecule has 0 radical (unpaired) electrons. The Kier molecular flexibility index (Phi) is 2.83. The van der Waals surface area contributed by atoms with E-state index in [0.29, 0.717) is 6.04 Å². The first-order chi connectivity index (χ1) is 7.93. The van der Waals surface area contributed by atoms with Crippen molar-refractivity contribution < 1.29 is 0 Å².